The van der Waals surface area contributed by atoms with Crippen molar-refractivity contribution in [1.82, 2.24) is 34.9 Å². The summed E-state index contributed by atoms with van der Waals surface area (Å²) in [6.07, 6.45) is 1.45. The lowest BCUT2D eigenvalue weighted by atomic mass is 9.88. The predicted molar refractivity (Wildman–Crippen MR) is 101 cm³/mol. The molecule has 2 fully saturated rings. The Balaban J connectivity index is 1.58. The lowest BCUT2D eigenvalue weighted by Crippen LogP contribution is -2.42. The zero-order chi connectivity index (χ0) is 19.8. The van der Waals surface area contributed by atoms with E-state index < -0.39 is 0 Å². The molecule has 2 aromatic rings. The summed E-state index contributed by atoms with van der Waals surface area (Å²) in [5.74, 6) is 0.505. The van der Waals surface area contributed by atoms with Gasteiger partial charge in [0.2, 0.25) is 5.91 Å². The van der Waals surface area contributed by atoms with Crippen LogP contribution < -0.4 is 0 Å². The number of nitrogens with zero attached hydrogens (tertiary/aromatic N) is 7. The van der Waals surface area contributed by atoms with Gasteiger partial charge in [0.25, 0.3) is 0 Å². The fourth-order valence-corrected chi connectivity index (χ4v) is 4.51. The number of benzene rings is 1. The predicted octanol–water partition coefficient (Wildman–Crippen LogP) is 0.795. The topological polar surface area (TPSA) is 87.5 Å². The van der Waals surface area contributed by atoms with Gasteiger partial charge in [-0.05, 0) is 28.5 Å². The highest BCUT2D eigenvalue weighted by atomic mass is 16.2. The Kier molecular flexibility index (Phi) is 4.74. The molecule has 3 amide bonds. The van der Waals surface area contributed by atoms with Gasteiger partial charge in [0.05, 0.1) is 6.04 Å². The number of urea groups is 1. The van der Waals surface area contributed by atoms with Crippen molar-refractivity contribution in [2.75, 3.05) is 33.7 Å². The fourth-order valence-electron chi connectivity index (χ4n) is 4.51. The number of aryl methyl sites for hydroxylation is 1. The minimum absolute atomic E-state index is 0.00993. The van der Waals surface area contributed by atoms with Gasteiger partial charge in [-0.15, -0.1) is 5.10 Å². The maximum atomic E-state index is 12.8. The third-order valence-electron chi connectivity index (χ3n) is 5.84. The minimum atomic E-state index is -0.0214. The molecule has 0 saturated carbocycles. The van der Waals surface area contributed by atoms with E-state index in [1.807, 2.05) is 21.9 Å². The number of likely N-dealkylation sites (tertiary alicyclic amines) is 2. The van der Waals surface area contributed by atoms with Crippen LogP contribution in [0.5, 0.6) is 0 Å². The Morgan fingerprint density at radius 2 is 1.96 bits per heavy atom. The molecule has 4 rings (SSSR count). The van der Waals surface area contributed by atoms with E-state index in [1.54, 1.807) is 19.0 Å². The van der Waals surface area contributed by atoms with Crippen LogP contribution in [0.4, 0.5) is 4.79 Å². The second-order valence-electron chi connectivity index (χ2n) is 7.86. The summed E-state index contributed by atoms with van der Waals surface area (Å²) in [5, 5.41) is 10.9. The maximum absolute atomic E-state index is 12.8. The molecule has 9 heteroatoms. The summed E-state index contributed by atoms with van der Waals surface area (Å²) in [6.45, 7) is 4.18. The minimum Gasteiger partial charge on any atom is -0.340 e. The standard InChI is InChI=1S/C19H25N7O2/c1-13-6-4-5-7-15(13)18-16-10-24(17(27)11-25-12-20-21-22-25)8-14(16)9-26(18)19(28)23(2)3/h4-7,12,14,16,18H,8-11H2,1-3H3/t14-,16-,18+/m1/s1. The van der Waals surface area contributed by atoms with Crippen LogP contribution in [0.1, 0.15) is 17.2 Å². The van der Waals surface area contributed by atoms with E-state index in [0.29, 0.717) is 19.6 Å². The molecular weight excluding hydrogens is 358 g/mol. The second kappa shape index (κ2) is 7.21. The zero-order valence-electron chi connectivity index (χ0n) is 16.4. The van der Waals surface area contributed by atoms with E-state index in [1.165, 1.54) is 22.1 Å². The first-order valence-corrected chi connectivity index (χ1v) is 9.47. The highest BCUT2D eigenvalue weighted by Crippen LogP contribution is 2.46. The first-order valence-electron chi connectivity index (χ1n) is 9.47. The number of rotatable bonds is 3. The van der Waals surface area contributed by atoms with Gasteiger partial charge in [-0.3, -0.25) is 4.79 Å². The fraction of sp³-hybridized carbons (Fsp3) is 0.526. The van der Waals surface area contributed by atoms with Crippen LogP contribution in [0, 0.1) is 18.8 Å². The largest absolute Gasteiger partial charge is 0.340 e. The Morgan fingerprint density at radius 1 is 1.18 bits per heavy atom. The van der Waals surface area contributed by atoms with E-state index in [-0.39, 0.29) is 36.4 Å². The highest BCUT2D eigenvalue weighted by Gasteiger charge is 2.50. The third-order valence-corrected chi connectivity index (χ3v) is 5.84. The van der Waals surface area contributed by atoms with Crippen molar-refractivity contribution in [2.45, 2.75) is 19.5 Å². The first-order chi connectivity index (χ1) is 13.5. The molecule has 0 aliphatic carbocycles. The number of carbonyl (C=O) groups is 2. The van der Waals surface area contributed by atoms with E-state index in [9.17, 15) is 9.59 Å². The van der Waals surface area contributed by atoms with Crippen molar-refractivity contribution >= 4 is 11.9 Å². The molecule has 3 atom stereocenters. The van der Waals surface area contributed by atoms with Gasteiger partial charge >= 0.3 is 6.03 Å². The molecule has 3 heterocycles. The number of carbonyl (C=O) groups excluding carboxylic acids is 2. The van der Waals surface area contributed by atoms with Crippen LogP contribution in [0.15, 0.2) is 30.6 Å². The zero-order valence-corrected chi connectivity index (χ0v) is 16.4. The summed E-state index contributed by atoms with van der Waals surface area (Å²) in [4.78, 5) is 31.0. The molecule has 1 aromatic heterocycles. The number of aromatic nitrogens is 4. The third kappa shape index (κ3) is 3.21. The Hall–Kier alpha value is -2.97. The van der Waals surface area contributed by atoms with E-state index in [2.05, 4.69) is 34.6 Å². The first kappa shape index (κ1) is 18.4. The number of hydrogen-bond acceptors (Lipinski definition) is 5. The highest BCUT2D eigenvalue weighted by molar-refractivity contribution is 5.77. The van der Waals surface area contributed by atoms with Crippen molar-refractivity contribution in [3.05, 3.63) is 41.7 Å². The molecule has 28 heavy (non-hydrogen) atoms. The summed E-state index contributed by atoms with van der Waals surface area (Å²) in [6, 6.07) is 8.21. The molecule has 0 spiro atoms. The van der Waals surface area contributed by atoms with E-state index in [4.69, 9.17) is 0 Å². The van der Waals surface area contributed by atoms with E-state index in [0.717, 1.165) is 0 Å². The number of tetrazole rings is 1. The molecule has 1 aromatic carbocycles. The average molecular weight is 383 g/mol. The van der Waals surface area contributed by atoms with Crippen molar-refractivity contribution in [3.63, 3.8) is 0 Å². The molecular formula is C19H25N7O2. The molecule has 0 bridgehead atoms. The second-order valence-corrected chi connectivity index (χ2v) is 7.86. The molecule has 9 nitrogen and oxygen atoms in total. The van der Waals surface area contributed by atoms with Gasteiger partial charge in [0.15, 0.2) is 0 Å². The van der Waals surface area contributed by atoms with Crippen molar-refractivity contribution < 1.29 is 9.59 Å². The van der Waals surface area contributed by atoms with E-state index >= 15 is 0 Å². The van der Waals surface area contributed by atoms with Gasteiger partial charge in [0.1, 0.15) is 12.9 Å². The smallest absolute Gasteiger partial charge is 0.320 e. The van der Waals surface area contributed by atoms with Gasteiger partial charge in [-0.2, -0.15) is 0 Å². The van der Waals surface area contributed by atoms with Crippen LogP contribution >= 0.6 is 0 Å². The van der Waals surface area contributed by atoms with Crippen molar-refractivity contribution in [1.29, 1.82) is 0 Å². The normalized spacial score (nSPS) is 23.8. The molecule has 0 radical (unpaired) electrons. The molecule has 0 unspecified atom stereocenters. The Bertz CT molecular complexity index is 867. The quantitative estimate of drug-likeness (QED) is 0.782. The van der Waals surface area contributed by atoms with Gasteiger partial charge < -0.3 is 14.7 Å². The molecule has 0 N–H and O–H groups in total. The number of hydrogen-bond donors (Lipinski definition) is 0. The number of fused-ring (bicyclic) bond motifs is 1. The van der Waals surface area contributed by atoms with Crippen LogP contribution in [0.2, 0.25) is 0 Å². The summed E-state index contributed by atoms with van der Waals surface area (Å²) in [5.41, 5.74) is 2.34. The maximum Gasteiger partial charge on any atom is 0.320 e. The summed E-state index contributed by atoms with van der Waals surface area (Å²) >= 11 is 0. The molecule has 2 aliphatic rings. The van der Waals surface area contributed by atoms with Crippen LogP contribution in [-0.2, 0) is 11.3 Å². The number of amides is 3. The molecule has 148 valence electrons. The van der Waals surface area contributed by atoms with Crippen molar-refractivity contribution in [2.24, 2.45) is 11.8 Å². The monoisotopic (exact) mass is 383 g/mol. The SMILES string of the molecule is Cc1ccccc1[C@H]1[C@@H]2CN(C(=O)Cn3cnnn3)C[C@@H]2CN1C(=O)N(C)C. The summed E-state index contributed by atoms with van der Waals surface area (Å²) < 4.78 is 1.44. The van der Waals surface area contributed by atoms with Gasteiger partial charge in [-0.1, -0.05) is 24.3 Å². The van der Waals surface area contributed by atoms with Crippen LogP contribution in [0.25, 0.3) is 0 Å². The lowest BCUT2D eigenvalue weighted by Gasteiger charge is -2.32. The van der Waals surface area contributed by atoms with Crippen LogP contribution in [-0.4, -0.2) is 80.6 Å². The summed E-state index contributed by atoms with van der Waals surface area (Å²) in [7, 11) is 3.57. The Morgan fingerprint density at radius 3 is 2.64 bits per heavy atom. The Labute approximate surface area is 163 Å². The van der Waals surface area contributed by atoms with Crippen LogP contribution in [0.3, 0.4) is 0 Å². The van der Waals surface area contributed by atoms with Gasteiger partial charge in [0, 0.05) is 45.6 Å². The average Bonchev–Trinajstić information content (AvgIpc) is 3.37. The lowest BCUT2D eigenvalue weighted by molar-refractivity contribution is -0.131. The van der Waals surface area contributed by atoms with Crippen molar-refractivity contribution in [3.8, 4) is 0 Å². The van der Waals surface area contributed by atoms with Gasteiger partial charge in [-0.25, -0.2) is 9.48 Å². The molecule has 2 aliphatic heterocycles. The molecule has 2 saturated heterocycles.